The highest BCUT2D eigenvalue weighted by Gasteiger charge is 2.10. The van der Waals surface area contributed by atoms with Crippen LogP contribution in [-0.2, 0) is 0 Å². The molecule has 2 atom stereocenters. The smallest absolute Gasteiger partial charge is 0.0286 e. The van der Waals surface area contributed by atoms with Crippen molar-refractivity contribution in [2.75, 3.05) is 12.3 Å². The molecule has 2 unspecified atom stereocenters. The Bertz CT molecular complexity index is 48.9. The highest BCUT2D eigenvalue weighted by Crippen LogP contribution is 2.63. The van der Waals surface area contributed by atoms with E-state index in [1.54, 1.807) is 12.3 Å². The highest BCUT2D eigenvalue weighted by atomic mass is 32.4. The minimum absolute atomic E-state index is 0.548. The minimum atomic E-state index is 0.548. The maximum Gasteiger partial charge on any atom is -0.0286 e. The zero-order valence-corrected chi connectivity index (χ0v) is 7.40. The fourth-order valence-electron chi connectivity index (χ4n) is 0.846. The Hall–Kier alpha value is 1.29. The maximum absolute atomic E-state index is 2.88. The van der Waals surface area contributed by atoms with Gasteiger partial charge in [-0.3, -0.25) is 0 Å². The zero-order valence-electron chi connectivity index (χ0n) is 4.35. The molecular formula is C4H11P3. The summed E-state index contributed by atoms with van der Waals surface area (Å²) in [7, 11) is 4.62. The lowest BCUT2D eigenvalue weighted by Gasteiger charge is -2.01. The second-order valence-corrected chi connectivity index (χ2v) is 9.05. The lowest BCUT2D eigenvalue weighted by Crippen LogP contribution is -1.59. The molecule has 0 radical (unpaired) electrons. The molecule has 0 aromatic rings. The van der Waals surface area contributed by atoms with Gasteiger partial charge in [-0.15, -0.1) is 8.93 Å². The van der Waals surface area contributed by atoms with Crippen molar-refractivity contribution in [3.8, 4) is 0 Å². The van der Waals surface area contributed by atoms with Gasteiger partial charge in [0.05, 0.1) is 0 Å². The van der Waals surface area contributed by atoms with Crippen molar-refractivity contribution in [2.45, 2.75) is 12.8 Å². The van der Waals surface area contributed by atoms with Gasteiger partial charge in [0.2, 0.25) is 0 Å². The summed E-state index contributed by atoms with van der Waals surface area (Å²) in [6, 6.07) is 0. The van der Waals surface area contributed by atoms with Crippen LogP contribution >= 0.6 is 24.5 Å². The molecule has 1 rings (SSSR count). The van der Waals surface area contributed by atoms with Gasteiger partial charge in [-0.2, -0.15) is 0 Å². The van der Waals surface area contributed by atoms with Crippen LogP contribution in [0.1, 0.15) is 12.8 Å². The molecule has 7 heavy (non-hydrogen) atoms. The second kappa shape index (κ2) is 3.34. The average Bonchev–Trinajstić information content (AvgIpc) is 2.14. The summed E-state index contributed by atoms with van der Waals surface area (Å²) in [5.74, 6) is 0. The summed E-state index contributed by atoms with van der Waals surface area (Å²) >= 11 is 0. The fourth-order valence-corrected chi connectivity index (χ4v) is 6.59. The summed E-state index contributed by atoms with van der Waals surface area (Å²) in [4.78, 5) is 0. The normalized spacial score (nSPS) is 25.3. The molecule has 0 N–H and O–H groups in total. The van der Waals surface area contributed by atoms with Crippen molar-refractivity contribution in [3.05, 3.63) is 0 Å². The summed E-state index contributed by atoms with van der Waals surface area (Å²) in [5, 5.41) is 0. The predicted molar refractivity (Wildman–Crippen MR) is 43.9 cm³/mol. The molecule has 0 amide bonds. The topological polar surface area (TPSA) is 0 Å². The quantitative estimate of drug-likeness (QED) is 0.506. The summed E-state index contributed by atoms with van der Waals surface area (Å²) in [5.41, 5.74) is 0. The molecule has 42 valence electrons. The van der Waals surface area contributed by atoms with Crippen LogP contribution in [0.3, 0.4) is 0 Å². The van der Waals surface area contributed by atoms with E-state index in [4.69, 9.17) is 0 Å². The monoisotopic (exact) mass is 152 g/mol. The van der Waals surface area contributed by atoms with E-state index < -0.39 is 0 Å². The van der Waals surface area contributed by atoms with Gasteiger partial charge in [-0.05, 0) is 25.2 Å². The third kappa shape index (κ3) is 1.93. The van der Waals surface area contributed by atoms with E-state index in [0.717, 1.165) is 0 Å². The minimum Gasteiger partial charge on any atom is -0.110 e. The molecule has 0 aromatic carbocycles. The molecule has 3 heteroatoms. The van der Waals surface area contributed by atoms with Crippen molar-refractivity contribution in [2.24, 2.45) is 0 Å². The van der Waals surface area contributed by atoms with Crippen LogP contribution in [0.5, 0.6) is 0 Å². The first-order valence-corrected chi connectivity index (χ1v) is 8.01. The van der Waals surface area contributed by atoms with E-state index in [-0.39, 0.29) is 0 Å². The Morgan fingerprint density at radius 2 is 1.86 bits per heavy atom. The van der Waals surface area contributed by atoms with Gasteiger partial charge >= 0.3 is 0 Å². The second-order valence-electron chi connectivity index (χ2n) is 1.82. The molecule has 0 bridgehead atoms. The molecule has 0 spiro atoms. The van der Waals surface area contributed by atoms with Crippen molar-refractivity contribution in [1.82, 2.24) is 0 Å². The molecule has 0 aliphatic carbocycles. The highest BCUT2D eigenvalue weighted by molar-refractivity contribution is 8.44. The van der Waals surface area contributed by atoms with Crippen LogP contribution in [0.4, 0.5) is 0 Å². The molecule has 1 aliphatic rings. The van der Waals surface area contributed by atoms with Crippen LogP contribution in [0, 0.1) is 0 Å². The average molecular weight is 152 g/mol. The van der Waals surface area contributed by atoms with E-state index in [0.29, 0.717) is 7.61 Å². The Labute approximate surface area is 50.4 Å². The maximum atomic E-state index is 2.88. The summed E-state index contributed by atoms with van der Waals surface area (Å²) in [6.45, 7) is 0. The zero-order chi connectivity index (χ0) is 5.11. The van der Waals surface area contributed by atoms with E-state index in [2.05, 4.69) is 8.93 Å². The Morgan fingerprint density at radius 1 is 1.29 bits per heavy atom. The first-order valence-electron chi connectivity index (χ1n) is 2.64. The number of rotatable bonds is 1. The lowest BCUT2D eigenvalue weighted by atomic mass is 10.4. The van der Waals surface area contributed by atoms with Crippen molar-refractivity contribution >= 4 is 24.5 Å². The van der Waals surface area contributed by atoms with E-state index in [1.807, 2.05) is 0 Å². The van der Waals surface area contributed by atoms with E-state index in [9.17, 15) is 0 Å². The van der Waals surface area contributed by atoms with Crippen LogP contribution in [0.15, 0.2) is 0 Å². The van der Waals surface area contributed by atoms with Crippen molar-refractivity contribution in [3.63, 3.8) is 0 Å². The third-order valence-corrected chi connectivity index (χ3v) is 9.09. The molecule has 1 aliphatic heterocycles. The van der Waals surface area contributed by atoms with Crippen LogP contribution < -0.4 is 0 Å². The fraction of sp³-hybridized carbons (Fsp3) is 1.00. The molecule has 0 aromatic heterocycles. The van der Waals surface area contributed by atoms with Crippen molar-refractivity contribution < 1.29 is 0 Å². The van der Waals surface area contributed by atoms with Crippen molar-refractivity contribution in [1.29, 1.82) is 0 Å². The van der Waals surface area contributed by atoms with Gasteiger partial charge in [0, 0.05) is 0 Å². The Kier molecular flexibility index (Phi) is 3.06. The number of hydrogen-bond donors (Lipinski definition) is 0. The first kappa shape index (κ1) is 6.41. The summed E-state index contributed by atoms with van der Waals surface area (Å²) in [6.07, 6.45) is 6.18. The van der Waals surface area contributed by atoms with Gasteiger partial charge in [0.15, 0.2) is 0 Å². The summed E-state index contributed by atoms with van der Waals surface area (Å²) < 4.78 is 0. The molecule has 1 saturated heterocycles. The van der Waals surface area contributed by atoms with Gasteiger partial charge in [0.25, 0.3) is 0 Å². The molecule has 1 fully saturated rings. The Balaban J connectivity index is 2.14. The lowest BCUT2D eigenvalue weighted by molar-refractivity contribution is 0.949. The van der Waals surface area contributed by atoms with Gasteiger partial charge in [-0.1, -0.05) is 15.6 Å². The van der Waals surface area contributed by atoms with Crippen LogP contribution in [0.25, 0.3) is 0 Å². The number of hydrogen-bond acceptors (Lipinski definition) is 0. The molecular weight excluding hydrogens is 141 g/mol. The standard InChI is InChI=1S/C4H11P3/c5-6-7-3-1-2-4-7/h6H,1-5H2. The Morgan fingerprint density at radius 3 is 2.14 bits per heavy atom. The predicted octanol–water partition coefficient (Wildman–Crippen LogP) is 2.65. The molecule has 0 saturated carbocycles. The van der Waals surface area contributed by atoms with Crippen LogP contribution in [0.2, 0.25) is 0 Å². The van der Waals surface area contributed by atoms with E-state index in [1.165, 1.54) is 20.8 Å². The third-order valence-electron chi connectivity index (χ3n) is 1.29. The van der Waals surface area contributed by atoms with Gasteiger partial charge in [-0.25, -0.2) is 0 Å². The van der Waals surface area contributed by atoms with Gasteiger partial charge < -0.3 is 0 Å². The van der Waals surface area contributed by atoms with E-state index >= 15 is 0 Å². The van der Waals surface area contributed by atoms with Gasteiger partial charge in [0.1, 0.15) is 0 Å². The molecule has 1 heterocycles. The molecule has 0 nitrogen and oxygen atoms in total. The SMILES string of the molecule is PPP1CCCC1. The first-order chi connectivity index (χ1) is 3.43. The largest absolute Gasteiger partial charge is 0.110 e. The van der Waals surface area contributed by atoms with Crippen LogP contribution in [-0.4, -0.2) is 12.3 Å².